The van der Waals surface area contributed by atoms with Gasteiger partial charge in [0.15, 0.2) is 0 Å². The summed E-state index contributed by atoms with van der Waals surface area (Å²) < 4.78 is 96.6. The highest BCUT2D eigenvalue weighted by Crippen LogP contribution is 2.33. The number of alkyl halides is 3. The summed E-state index contributed by atoms with van der Waals surface area (Å²) in [7, 11) is -6.94. The number of nitrogens with zero attached hydrogens (tertiary/aromatic N) is 1. The number of primary sulfonamides is 1. The van der Waals surface area contributed by atoms with E-state index in [4.69, 9.17) is 9.88 Å². The molecule has 13 heteroatoms. The molecule has 0 saturated heterocycles. The molecule has 1 aliphatic heterocycles. The lowest BCUT2D eigenvalue weighted by molar-refractivity contribution is -0.274. The Hall–Kier alpha value is -2.35. The van der Waals surface area contributed by atoms with E-state index in [0.717, 1.165) is 22.5 Å². The van der Waals surface area contributed by atoms with E-state index in [1.807, 2.05) is 0 Å². The zero-order valence-corrected chi connectivity index (χ0v) is 17.1. The van der Waals surface area contributed by atoms with Gasteiger partial charge in [-0.25, -0.2) is 22.0 Å². The maximum atomic E-state index is 12.9. The molecule has 0 aromatic heterocycles. The second-order valence-corrected chi connectivity index (χ2v) is 9.90. The topological polar surface area (TPSA) is 116 Å². The van der Waals surface area contributed by atoms with E-state index in [1.54, 1.807) is 0 Å². The fourth-order valence-electron chi connectivity index (χ4n) is 3.11. The summed E-state index contributed by atoms with van der Waals surface area (Å²) >= 11 is 0. The smallest absolute Gasteiger partial charge is 0.495 e. The standard InChI is InChI=1S/C17H17F3N2O6S2/c1-27-15-7-12-10-22(6-5-11(12)8-16(15)29(21,23)24)30(25,26)14-4-2-3-13(9-14)28-17(18,19)20/h2-4,7-9H,5-6,10H2,1H3,(H2,21,23,24). The number of halogens is 3. The molecule has 0 unspecified atom stereocenters. The van der Waals surface area contributed by atoms with Crippen molar-refractivity contribution in [1.29, 1.82) is 0 Å². The molecule has 0 bridgehead atoms. The molecule has 2 N–H and O–H groups in total. The first-order valence-corrected chi connectivity index (χ1v) is 11.4. The van der Waals surface area contributed by atoms with E-state index in [2.05, 4.69) is 4.74 Å². The van der Waals surface area contributed by atoms with Crippen LogP contribution in [0.4, 0.5) is 13.2 Å². The van der Waals surface area contributed by atoms with Gasteiger partial charge in [0.25, 0.3) is 0 Å². The molecule has 0 spiro atoms. The molecule has 30 heavy (non-hydrogen) atoms. The van der Waals surface area contributed by atoms with Crippen LogP contribution in [0.15, 0.2) is 46.2 Å². The molecule has 1 aliphatic rings. The van der Waals surface area contributed by atoms with Gasteiger partial charge >= 0.3 is 6.36 Å². The van der Waals surface area contributed by atoms with E-state index in [1.165, 1.54) is 25.3 Å². The highest BCUT2D eigenvalue weighted by atomic mass is 32.2. The van der Waals surface area contributed by atoms with Gasteiger partial charge in [0.1, 0.15) is 16.4 Å². The Morgan fingerprint density at radius 3 is 2.37 bits per heavy atom. The first-order chi connectivity index (χ1) is 13.8. The molecule has 2 aromatic carbocycles. The molecule has 2 aromatic rings. The van der Waals surface area contributed by atoms with Crippen LogP contribution in [0.5, 0.6) is 11.5 Å². The zero-order valence-electron chi connectivity index (χ0n) is 15.5. The summed E-state index contributed by atoms with van der Waals surface area (Å²) in [6.45, 7) is -0.126. The lowest BCUT2D eigenvalue weighted by atomic mass is 10.0. The van der Waals surface area contributed by atoms with E-state index in [9.17, 15) is 30.0 Å². The van der Waals surface area contributed by atoms with E-state index in [0.29, 0.717) is 11.1 Å². The van der Waals surface area contributed by atoms with Crippen molar-refractivity contribution in [3.63, 3.8) is 0 Å². The third kappa shape index (κ3) is 4.69. The molecule has 8 nitrogen and oxygen atoms in total. The van der Waals surface area contributed by atoms with E-state index in [-0.39, 0.29) is 35.1 Å². The Morgan fingerprint density at radius 2 is 1.77 bits per heavy atom. The lowest BCUT2D eigenvalue weighted by Gasteiger charge is -2.29. The van der Waals surface area contributed by atoms with Crippen LogP contribution in [0.2, 0.25) is 0 Å². The van der Waals surface area contributed by atoms with Gasteiger partial charge in [-0.2, -0.15) is 4.31 Å². The minimum atomic E-state index is -4.95. The highest BCUT2D eigenvalue weighted by Gasteiger charge is 2.33. The van der Waals surface area contributed by atoms with Crippen molar-refractivity contribution in [3.8, 4) is 11.5 Å². The number of sulfonamides is 2. The van der Waals surface area contributed by atoms with Gasteiger partial charge in [0.2, 0.25) is 20.0 Å². The van der Waals surface area contributed by atoms with Gasteiger partial charge in [-0.3, -0.25) is 0 Å². The first kappa shape index (κ1) is 22.3. The van der Waals surface area contributed by atoms with Gasteiger partial charge in [0.05, 0.1) is 12.0 Å². The van der Waals surface area contributed by atoms with Crippen molar-refractivity contribution in [3.05, 3.63) is 47.5 Å². The maximum Gasteiger partial charge on any atom is 0.573 e. The van der Waals surface area contributed by atoms with Crippen LogP contribution in [-0.2, 0) is 33.0 Å². The molecule has 0 aliphatic carbocycles. The summed E-state index contributed by atoms with van der Waals surface area (Å²) in [5.74, 6) is -0.684. The second kappa shape index (κ2) is 7.72. The molecule has 3 rings (SSSR count). The summed E-state index contributed by atoms with van der Waals surface area (Å²) in [6, 6.07) is 6.83. The molecule has 0 amide bonds. The molecule has 164 valence electrons. The Labute approximate surface area is 171 Å². The fraction of sp³-hybridized carbons (Fsp3) is 0.294. The number of nitrogens with two attached hydrogens (primary N) is 1. The Balaban J connectivity index is 1.94. The number of ether oxygens (including phenoxy) is 2. The number of hydrogen-bond acceptors (Lipinski definition) is 6. The number of hydrogen-bond donors (Lipinski definition) is 1. The largest absolute Gasteiger partial charge is 0.573 e. The number of fused-ring (bicyclic) bond motifs is 1. The van der Waals surface area contributed by atoms with Crippen molar-refractivity contribution >= 4 is 20.0 Å². The second-order valence-electron chi connectivity index (χ2n) is 6.43. The first-order valence-electron chi connectivity index (χ1n) is 8.40. The molecule has 0 saturated carbocycles. The minimum Gasteiger partial charge on any atom is -0.495 e. The van der Waals surface area contributed by atoms with E-state index >= 15 is 0 Å². The Kier molecular flexibility index (Phi) is 5.75. The lowest BCUT2D eigenvalue weighted by Crippen LogP contribution is -2.36. The van der Waals surface area contributed by atoms with Gasteiger partial charge < -0.3 is 9.47 Å². The minimum absolute atomic E-state index is 0.00389. The van der Waals surface area contributed by atoms with Crippen LogP contribution in [0.25, 0.3) is 0 Å². The van der Waals surface area contributed by atoms with Crippen LogP contribution in [0.3, 0.4) is 0 Å². The van der Waals surface area contributed by atoms with Crippen LogP contribution in [0.1, 0.15) is 11.1 Å². The molecular weight excluding hydrogens is 449 g/mol. The third-order valence-electron chi connectivity index (χ3n) is 4.45. The SMILES string of the molecule is COc1cc2c(cc1S(N)(=O)=O)CCN(S(=O)(=O)c1cccc(OC(F)(F)F)c1)C2. The van der Waals surface area contributed by atoms with Gasteiger partial charge in [-0.1, -0.05) is 6.07 Å². The third-order valence-corrected chi connectivity index (χ3v) is 7.22. The van der Waals surface area contributed by atoms with Crippen LogP contribution in [0, 0.1) is 0 Å². The van der Waals surface area contributed by atoms with Crippen LogP contribution < -0.4 is 14.6 Å². The van der Waals surface area contributed by atoms with Crippen molar-refractivity contribution in [2.24, 2.45) is 5.14 Å². The van der Waals surface area contributed by atoms with Crippen molar-refractivity contribution in [2.45, 2.75) is 29.1 Å². The number of benzene rings is 2. The molecule has 0 atom stereocenters. The average Bonchev–Trinajstić information content (AvgIpc) is 2.64. The summed E-state index contributed by atoms with van der Waals surface area (Å²) in [6.07, 6.45) is -4.77. The normalized spacial score (nSPS) is 15.5. The monoisotopic (exact) mass is 466 g/mol. The molecular formula is C17H17F3N2O6S2. The summed E-state index contributed by atoms with van der Waals surface area (Å²) in [4.78, 5) is -0.571. The van der Waals surface area contributed by atoms with Gasteiger partial charge in [0, 0.05) is 19.2 Å². The number of methoxy groups -OCH3 is 1. The van der Waals surface area contributed by atoms with Gasteiger partial charge in [-0.15, -0.1) is 13.2 Å². The van der Waals surface area contributed by atoms with Crippen molar-refractivity contribution < 1.29 is 39.5 Å². The van der Waals surface area contributed by atoms with E-state index < -0.39 is 32.2 Å². The Morgan fingerprint density at radius 1 is 1.07 bits per heavy atom. The summed E-state index contributed by atoms with van der Waals surface area (Å²) in [5.41, 5.74) is 1.08. The Bertz CT molecular complexity index is 1180. The van der Waals surface area contributed by atoms with Gasteiger partial charge in [-0.05, 0) is 41.8 Å². The highest BCUT2D eigenvalue weighted by molar-refractivity contribution is 7.89. The number of rotatable bonds is 5. The average molecular weight is 466 g/mol. The van der Waals surface area contributed by atoms with Crippen LogP contribution in [-0.4, -0.2) is 41.2 Å². The van der Waals surface area contributed by atoms with Crippen molar-refractivity contribution in [2.75, 3.05) is 13.7 Å². The fourth-order valence-corrected chi connectivity index (χ4v) is 5.29. The van der Waals surface area contributed by atoms with Crippen LogP contribution >= 0.6 is 0 Å². The molecule has 1 heterocycles. The van der Waals surface area contributed by atoms with Crippen molar-refractivity contribution in [1.82, 2.24) is 4.31 Å². The predicted octanol–water partition coefficient (Wildman–Crippen LogP) is 1.99. The molecule has 0 fully saturated rings. The zero-order chi connectivity index (χ0) is 22.3. The quantitative estimate of drug-likeness (QED) is 0.721. The maximum absolute atomic E-state index is 12.9. The predicted molar refractivity (Wildman–Crippen MR) is 98.8 cm³/mol. The summed E-state index contributed by atoms with van der Waals surface area (Å²) in [5, 5.41) is 5.19. The molecule has 0 radical (unpaired) electrons.